The van der Waals surface area contributed by atoms with Gasteiger partial charge in [-0.1, -0.05) is 13.3 Å². The summed E-state index contributed by atoms with van der Waals surface area (Å²) in [5.74, 6) is 0.477. The lowest BCUT2D eigenvalue weighted by molar-refractivity contribution is -0.140. The summed E-state index contributed by atoms with van der Waals surface area (Å²) in [6.45, 7) is 5.67. The fourth-order valence-corrected chi connectivity index (χ4v) is 2.15. The first kappa shape index (κ1) is 13.5. The van der Waals surface area contributed by atoms with Crippen molar-refractivity contribution in [1.29, 1.82) is 0 Å². The van der Waals surface area contributed by atoms with Gasteiger partial charge < -0.3 is 15.4 Å². The second-order valence-corrected chi connectivity index (χ2v) is 4.35. The molecular formula is C12H24N2O2. The Labute approximate surface area is 98.1 Å². The number of amides is 1. The highest BCUT2D eigenvalue weighted by Gasteiger charge is 2.24. The third-order valence-electron chi connectivity index (χ3n) is 3.07. The maximum Gasteiger partial charge on any atom is 0.225 e. The number of carbonyl (C=O) groups excluding carboxylic acids is 1. The molecule has 1 amide bonds. The Balaban J connectivity index is 2.44. The standard InChI is InChI=1S/C12H24N2O2/c1-2-4-11(5-3-6-13)12(15)14-7-9-16-10-8-14/h11H,2-10,13H2,1H3. The molecule has 1 rings (SSSR count). The van der Waals surface area contributed by atoms with Gasteiger partial charge in [-0.2, -0.15) is 0 Å². The van der Waals surface area contributed by atoms with Crippen LogP contribution in [-0.4, -0.2) is 43.7 Å². The molecule has 0 aromatic rings. The van der Waals surface area contributed by atoms with Crippen LogP contribution < -0.4 is 5.73 Å². The van der Waals surface area contributed by atoms with Gasteiger partial charge in [-0.05, 0) is 25.8 Å². The number of rotatable bonds is 6. The summed E-state index contributed by atoms with van der Waals surface area (Å²) in [5, 5.41) is 0. The Morgan fingerprint density at radius 3 is 2.62 bits per heavy atom. The Morgan fingerprint density at radius 1 is 1.38 bits per heavy atom. The molecule has 0 saturated carbocycles. The normalized spacial score (nSPS) is 18.5. The second-order valence-electron chi connectivity index (χ2n) is 4.35. The van der Waals surface area contributed by atoms with Crippen LogP contribution in [0.4, 0.5) is 0 Å². The van der Waals surface area contributed by atoms with Gasteiger partial charge in [-0.15, -0.1) is 0 Å². The first-order valence-electron chi connectivity index (χ1n) is 6.36. The fourth-order valence-electron chi connectivity index (χ4n) is 2.15. The quantitative estimate of drug-likeness (QED) is 0.738. The van der Waals surface area contributed by atoms with Crippen LogP contribution in [0.3, 0.4) is 0 Å². The van der Waals surface area contributed by atoms with Gasteiger partial charge in [0.25, 0.3) is 0 Å². The number of hydrogen-bond donors (Lipinski definition) is 1. The van der Waals surface area contributed by atoms with Crippen LogP contribution in [0.15, 0.2) is 0 Å². The predicted octanol–water partition coefficient (Wildman–Crippen LogP) is 1.00. The van der Waals surface area contributed by atoms with Crippen molar-refractivity contribution in [2.24, 2.45) is 11.7 Å². The molecule has 4 nitrogen and oxygen atoms in total. The molecule has 94 valence electrons. The van der Waals surface area contributed by atoms with E-state index in [9.17, 15) is 4.79 Å². The van der Waals surface area contributed by atoms with Crippen LogP contribution in [0, 0.1) is 5.92 Å². The smallest absolute Gasteiger partial charge is 0.225 e. The van der Waals surface area contributed by atoms with Crippen molar-refractivity contribution in [3.63, 3.8) is 0 Å². The van der Waals surface area contributed by atoms with Gasteiger partial charge in [0.05, 0.1) is 13.2 Å². The first-order chi connectivity index (χ1) is 7.79. The lowest BCUT2D eigenvalue weighted by atomic mass is 9.96. The van der Waals surface area contributed by atoms with Gasteiger partial charge in [0.2, 0.25) is 5.91 Å². The maximum absolute atomic E-state index is 12.2. The minimum atomic E-state index is 0.173. The average Bonchev–Trinajstić information content (AvgIpc) is 2.35. The molecule has 0 aromatic heterocycles. The molecule has 0 aromatic carbocycles. The Kier molecular flexibility index (Phi) is 6.42. The molecule has 1 saturated heterocycles. The number of carbonyl (C=O) groups is 1. The average molecular weight is 228 g/mol. The van der Waals surface area contributed by atoms with Gasteiger partial charge in [-0.25, -0.2) is 0 Å². The summed E-state index contributed by atoms with van der Waals surface area (Å²) in [5.41, 5.74) is 5.51. The Bertz CT molecular complexity index is 203. The molecule has 1 atom stereocenters. The van der Waals surface area contributed by atoms with Gasteiger partial charge in [0, 0.05) is 19.0 Å². The number of morpholine rings is 1. The van der Waals surface area contributed by atoms with Crippen molar-refractivity contribution in [2.45, 2.75) is 32.6 Å². The second kappa shape index (κ2) is 7.63. The zero-order valence-electron chi connectivity index (χ0n) is 10.3. The SMILES string of the molecule is CCCC(CCCN)C(=O)N1CCOCC1. The summed E-state index contributed by atoms with van der Waals surface area (Å²) in [4.78, 5) is 14.2. The zero-order chi connectivity index (χ0) is 11.8. The van der Waals surface area contributed by atoms with E-state index < -0.39 is 0 Å². The van der Waals surface area contributed by atoms with E-state index in [1.54, 1.807) is 0 Å². The molecule has 0 radical (unpaired) electrons. The maximum atomic E-state index is 12.2. The molecule has 16 heavy (non-hydrogen) atoms. The Morgan fingerprint density at radius 2 is 2.06 bits per heavy atom. The van der Waals surface area contributed by atoms with Crippen molar-refractivity contribution in [1.82, 2.24) is 4.90 Å². The van der Waals surface area contributed by atoms with Gasteiger partial charge in [0.15, 0.2) is 0 Å². The minimum Gasteiger partial charge on any atom is -0.378 e. The number of nitrogens with zero attached hydrogens (tertiary/aromatic N) is 1. The highest BCUT2D eigenvalue weighted by Crippen LogP contribution is 2.17. The van der Waals surface area contributed by atoms with Crippen molar-refractivity contribution in [2.75, 3.05) is 32.8 Å². The molecule has 1 heterocycles. The fraction of sp³-hybridized carbons (Fsp3) is 0.917. The lowest BCUT2D eigenvalue weighted by Crippen LogP contribution is -2.43. The van der Waals surface area contributed by atoms with E-state index in [1.807, 2.05) is 4.90 Å². The van der Waals surface area contributed by atoms with E-state index in [4.69, 9.17) is 10.5 Å². The molecule has 0 aliphatic carbocycles. The van der Waals surface area contributed by atoms with E-state index >= 15 is 0 Å². The number of hydrogen-bond acceptors (Lipinski definition) is 3. The van der Waals surface area contributed by atoms with Gasteiger partial charge in [-0.3, -0.25) is 4.79 Å². The third kappa shape index (κ3) is 4.10. The van der Waals surface area contributed by atoms with Crippen LogP contribution in [-0.2, 0) is 9.53 Å². The molecular weight excluding hydrogens is 204 g/mol. The summed E-state index contributed by atoms with van der Waals surface area (Å²) in [6, 6.07) is 0. The molecule has 2 N–H and O–H groups in total. The summed E-state index contributed by atoms with van der Waals surface area (Å²) < 4.78 is 5.26. The molecule has 1 aliphatic heterocycles. The predicted molar refractivity (Wildman–Crippen MR) is 64.1 cm³/mol. The van der Waals surface area contributed by atoms with Gasteiger partial charge in [0.1, 0.15) is 0 Å². The van der Waals surface area contributed by atoms with E-state index in [1.165, 1.54) is 0 Å². The highest BCUT2D eigenvalue weighted by molar-refractivity contribution is 5.78. The largest absolute Gasteiger partial charge is 0.378 e. The third-order valence-corrected chi connectivity index (χ3v) is 3.07. The zero-order valence-corrected chi connectivity index (χ0v) is 10.3. The number of nitrogens with two attached hydrogens (primary N) is 1. The molecule has 0 bridgehead atoms. The summed E-state index contributed by atoms with van der Waals surface area (Å²) >= 11 is 0. The molecule has 1 aliphatic rings. The summed E-state index contributed by atoms with van der Waals surface area (Å²) in [6.07, 6.45) is 3.92. The molecule has 1 fully saturated rings. The van der Waals surface area contributed by atoms with Crippen LogP contribution >= 0.6 is 0 Å². The topological polar surface area (TPSA) is 55.6 Å². The molecule has 4 heteroatoms. The van der Waals surface area contributed by atoms with Crippen LogP contribution in [0.2, 0.25) is 0 Å². The highest BCUT2D eigenvalue weighted by atomic mass is 16.5. The van der Waals surface area contributed by atoms with Crippen LogP contribution in [0.1, 0.15) is 32.6 Å². The summed E-state index contributed by atoms with van der Waals surface area (Å²) in [7, 11) is 0. The van der Waals surface area contributed by atoms with E-state index in [-0.39, 0.29) is 5.92 Å². The molecule has 0 spiro atoms. The van der Waals surface area contributed by atoms with E-state index in [0.717, 1.165) is 38.8 Å². The van der Waals surface area contributed by atoms with E-state index in [2.05, 4.69) is 6.92 Å². The van der Waals surface area contributed by atoms with Crippen molar-refractivity contribution in [3.05, 3.63) is 0 Å². The van der Waals surface area contributed by atoms with Crippen molar-refractivity contribution < 1.29 is 9.53 Å². The first-order valence-corrected chi connectivity index (χ1v) is 6.36. The van der Waals surface area contributed by atoms with Crippen molar-refractivity contribution in [3.8, 4) is 0 Å². The van der Waals surface area contributed by atoms with Crippen LogP contribution in [0.5, 0.6) is 0 Å². The molecule has 1 unspecified atom stereocenters. The number of ether oxygens (including phenoxy) is 1. The Hall–Kier alpha value is -0.610. The monoisotopic (exact) mass is 228 g/mol. The minimum absolute atomic E-state index is 0.173. The lowest BCUT2D eigenvalue weighted by Gasteiger charge is -2.30. The van der Waals surface area contributed by atoms with Gasteiger partial charge >= 0.3 is 0 Å². The van der Waals surface area contributed by atoms with E-state index in [0.29, 0.717) is 25.7 Å². The van der Waals surface area contributed by atoms with Crippen molar-refractivity contribution >= 4 is 5.91 Å². The van der Waals surface area contributed by atoms with Crippen LogP contribution in [0.25, 0.3) is 0 Å².